The number of hydrogen-bond donors (Lipinski definition) is 1. The van der Waals surface area contributed by atoms with Gasteiger partial charge in [0.15, 0.2) is 16.8 Å². The molecule has 2 nitrogen and oxygen atoms in total. The fraction of sp³-hybridized carbons (Fsp3) is 0.500. The molecule has 1 N–H and O–H groups in total. The Bertz CT molecular complexity index is 538. The fourth-order valence-corrected chi connectivity index (χ4v) is 2.86. The highest BCUT2D eigenvalue weighted by atomic mass is 32.2. The first-order valence-corrected chi connectivity index (χ1v) is 7.38. The topological polar surface area (TPSA) is 24.4 Å². The van der Waals surface area contributed by atoms with Gasteiger partial charge in [-0.15, -0.1) is 0 Å². The van der Waals surface area contributed by atoms with Gasteiger partial charge in [0.2, 0.25) is 0 Å². The molecule has 110 valence electrons. The predicted octanol–water partition coefficient (Wildman–Crippen LogP) is 4.42. The SMILES string of the molecule is CC(C)(C)C1CCSC(Nc2cc(F)c(F)cc2F)=N1. The zero-order chi connectivity index (χ0) is 14.9. The summed E-state index contributed by atoms with van der Waals surface area (Å²) in [5.41, 5.74) is -0.0785. The molecule has 0 aliphatic carbocycles. The van der Waals surface area contributed by atoms with Crippen molar-refractivity contribution in [3.05, 3.63) is 29.6 Å². The van der Waals surface area contributed by atoms with E-state index in [1.165, 1.54) is 11.8 Å². The Morgan fingerprint density at radius 1 is 1.15 bits per heavy atom. The van der Waals surface area contributed by atoms with Crippen LogP contribution in [0.25, 0.3) is 0 Å². The van der Waals surface area contributed by atoms with Crippen LogP contribution in [0.5, 0.6) is 0 Å². The van der Waals surface area contributed by atoms with Gasteiger partial charge < -0.3 is 5.32 Å². The molecule has 0 bridgehead atoms. The highest BCUT2D eigenvalue weighted by molar-refractivity contribution is 8.14. The van der Waals surface area contributed by atoms with E-state index in [1.807, 2.05) is 0 Å². The van der Waals surface area contributed by atoms with Crippen molar-refractivity contribution in [2.75, 3.05) is 11.1 Å². The van der Waals surface area contributed by atoms with Crippen molar-refractivity contribution in [3.8, 4) is 0 Å². The van der Waals surface area contributed by atoms with Gasteiger partial charge in [-0.1, -0.05) is 32.5 Å². The van der Waals surface area contributed by atoms with Gasteiger partial charge in [0.05, 0.1) is 11.7 Å². The van der Waals surface area contributed by atoms with Crippen molar-refractivity contribution in [2.45, 2.75) is 33.2 Å². The normalized spacial score (nSPS) is 19.7. The molecule has 1 aliphatic rings. The minimum absolute atomic E-state index is 0.0144. The Morgan fingerprint density at radius 3 is 2.45 bits per heavy atom. The minimum atomic E-state index is -1.20. The third-order valence-corrected chi connectivity index (χ3v) is 4.08. The van der Waals surface area contributed by atoms with Crippen LogP contribution in [0.1, 0.15) is 27.2 Å². The lowest BCUT2D eigenvalue weighted by atomic mass is 9.85. The average molecular weight is 302 g/mol. The van der Waals surface area contributed by atoms with Crippen LogP contribution < -0.4 is 5.32 Å². The Balaban J connectivity index is 2.21. The summed E-state index contributed by atoms with van der Waals surface area (Å²) < 4.78 is 39.6. The molecule has 1 aromatic rings. The van der Waals surface area contributed by atoms with E-state index >= 15 is 0 Å². The highest BCUT2D eigenvalue weighted by Crippen LogP contribution is 2.31. The maximum Gasteiger partial charge on any atom is 0.161 e. The number of benzene rings is 1. The lowest BCUT2D eigenvalue weighted by Gasteiger charge is -2.31. The third-order valence-electron chi connectivity index (χ3n) is 3.15. The molecule has 0 aromatic heterocycles. The third kappa shape index (κ3) is 3.48. The molecule has 0 spiro atoms. The zero-order valence-corrected chi connectivity index (χ0v) is 12.5. The van der Waals surface area contributed by atoms with Crippen molar-refractivity contribution in [3.63, 3.8) is 0 Å². The summed E-state index contributed by atoms with van der Waals surface area (Å²) in [5.74, 6) is -2.24. The maximum absolute atomic E-state index is 13.6. The zero-order valence-electron chi connectivity index (χ0n) is 11.6. The van der Waals surface area contributed by atoms with Crippen LogP contribution in [0.3, 0.4) is 0 Å². The number of aliphatic imine (C=N–C) groups is 1. The molecule has 0 radical (unpaired) electrons. The first-order chi connectivity index (χ1) is 9.27. The molecule has 0 fully saturated rings. The highest BCUT2D eigenvalue weighted by Gasteiger charge is 2.27. The van der Waals surface area contributed by atoms with Gasteiger partial charge in [0.25, 0.3) is 0 Å². The maximum atomic E-state index is 13.6. The quantitative estimate of drug-likeness (QED) is 0.776. The van der Waals surface area contributed by atoms with Gasteiger partial charge in [-0.05, 0) is 11.8 Å². The summed E-state index contributed by atoms with van der Waals surface area (Å²) in [6.07, 6.45) is 0.944. The van der Waals surface area contributed by atoms with Crippen molar-refractivity contribution >= 4 is 22.6 Å². The number of nitrogens with one attached hydrogen (secondary N) is 1. The number of halogens is 3. The van der Waals surface area contributed by atoms with Crippen LogP contribution in [0.15, 0.2) is 17.1 Å². The second kappa shape index (κ2) is 5.68. The lowest BCUT2D eigenvalue weighted by molar-refractivity contribution is 0.316. The molecule has 0 saturated heterocycles. The lowest BCUT2D eigenvalue weighted by Crippen LogP contribution is -2.30. The molecule has 1 aliphatic heterocycles. The van der Waals surface area contributed by atoms with E-state index in [0.29, 0.717) is 11.2 Å². The number of hydrogen-bond acceptors (Lipinski definition) is 3. The standard InChI is InChI=1S/C14H17F3N2S/c1-14(2,3)12-4-5-20-13(19-12)18-11-7-9(16)8(15)6-10(11)17/h6-7,12H,4-5H2,1-3H3,(H,18,19). The monoisotopic (exact) mass is 302 g/mol. The second-order valence-electron chi connectivity index (χ2n) is 5.82. The van der Waals surface area contributed by atoms with Gasteiger partial charge in [-0.25, -0.2) is 13.2 Å². The molecule has 1 unspecified atom stereocenters. The van der Waals surface area contributed by atoms with Gasteiger partial charge in [0, 0.05) is 17.9 Å². The van der Waals surface area contributed by atoms with Gasteiger partial charge in [-0.2, -0.15) is 0 Å². The van der Waals surface area contributed by atoms with Crippen LogP contribution in [-0.4, -0.2) is 17.0 Å². The van der Waals surface area contributed by atoms with Crippen molar-refractivity contribution in [2.24, 2.45) is 10.4 Å². The number of thioether (sulfide) groups is 1. The van der Waals surface area contributed by atoms with Gasteiger partial charge in [0.1, 0.15) is 5.82 Å². The molecule has 1 heterocycles. The van der Waals surface area contributed by atoms with E-state index in [2.05, 4.69) is 31.1 Å². The summed E-state index contributed by atoms with van der Waals surface area (Å²) in [7, 11) is 0. The Hall–Kier alpha value is -1.17. The molecule has 0 amide bonds. The number of nitrogens with zero attached hydrogens (tertiary/aromatic N) is 1. The molecule has 1 atom stereocenters. The molecule has 6 heteroatoms. The summed E-state index contributed by atoms with van der Waals surface area (Å²) in [4.78, 5) is 4.53. The van der Waals surface area contributed by atoms with Crippen molar-refractivity contribution in [1.29, 1.82) is 0 Å². The van der Waals surface area contributed by atoms with E-state index in [-0.39, 0.29) is 17.1 Å². The van der Waals surface area contributed by atoms with E-state index in [1.54, 1.807) is 0 Å². The number of rotatable bonds is 1. The first-order valence-electron chi connectivity index (χ1n) is 6.39. The van der Waals surface area contributed by atoms with Gasteiger partial charge in [-0.3, -0.25) is 4.99 Å². The Labute approximate surface area is 120 Å². The first kappa shape index (κ1) is 15.2. The Morgan fingerprint density at radius 2 is 1.80 bits per heavy atom. The molecule has 20 heavy (non-hydrogen) atoms. The largest absolute Gasteiger partial charge is 0.332 e. The second-order valence-corrected chi connectivity index (χ2v) is 6.91. The molecule has 0 saturated carbocycles. The summed E-state index contributed by atoms with van der Waals surface area (Å²) in [6.45, 7) is 6.27. The summed E-state index contributed by atoms with van der Waals surface area (Å²) in [5, 5.41) is 3.29. The molecule has 2 rings (SSSR count). The van der Waals surface area contributed by atoms with Crippen LogP contribution in [-0.2, 0) is 0 Å². The van der Waals surface area contributed by atoms with Crippen LogP contribution >= 0.6 is 11.8 Å². The van der Waals surface area contributed by atoms with Crippen molar-refractivity contribution < 1.29 is 13.2 Å². The van der Waals surface area contributed by atoms with Crippen LogP contribution in [0, 0.1) is 22.9 Å². The number of amidine groups is 1. The van der Waals surface area contributed by atoms with E-state index in [9.17, 15) is 13.2 Å². The molecular formula is C14H17F3N2S. The fourth-order valence-electron chi connectivity index (χ4n) is 1.94. The van der Waals surface area contributed by atoms with Gasteiger partial charge >= 0.3 is 0 Å². The molecular weight excluding hydrogens is 285 g/mol. The van der Waals surface area contributed by atoms with Crippen LogP contribution in [0.2, 0.25) is 0 Å². The average Bonchev–Trinajstić information content (AvgIpc) is 2.35. The van der Waals surface area contributed by atoms with E-state index in [4.69, 9.17) is 0 Å². The Kier molecular flexibility index (Phi) is 4.32. The molecule has 1 aromatic carbocycles. The van der Waals surface area contributed by atoms with Crippen molar-refractivity contribution in [1.82, 2.24) is 0 Å². The number of anilines is 1. The smallest absolute Gasteiger partial charge is 0.161 e. The minimum Gasteiger partial charge on any atom is -0.332 e. The summed E-state index contributed by atoms with van der Waals surface area (Å²) >= 11 is 1.45. The predicted molar refractivity (Wildman–Crippen MR) is 77.7 cm³/mol. The van der Waals surface area contributed by atoms with E-state index < -0.39 is 17.5 Å². The summed E-state index contributed by atoms with van der Waals surface area (Å²) in [6, 6.07) is 1.47. The van der Waals surface area contributed by atoms with Crippen LogP contribution in [0.4, 0.5) is 18.9 Å². The van der Waals surface area contributed by atoms with E-state index in [0.717, 1.165) is 18.2 Å².